The highest BCUT2D eigenvalue weighted by Gasteiger charge is 2.35. The van der Waals surface area contributed by atoms with Crippen LogP contribution in [-0.2, 0) is 0 Å². The number of ether oxygens (including phenoxy) is 1. The Hall–Kier alpha value is -2.05. The number of halogens is 3. The van der Waals surface area contributed by atoms with Crippen LogP contribution in [0.2, 0.25) is 0 Å². The summed E-state index contributed by atoms with van der Waals surface area (Å²) in [6, 6.07) is 3.25. The molecule has 0 N–H and O–H groups in total. The first-order valence-corrected chi connectivity index (χ1v) is 3.91. The van der Waals surface area contributed by atoms with Crippen LogP contribution in [0, 0.1) is 16.2 Å². The van der Waals surface area contributed by atoms with Crippen LogP contribution in [0.25, 0.3) is 0 Å². The molecule has 0 aromatic heterocycles. The number of nitrogens with zero attached hydrogens (tertiary/aromatic N) is 1. The van der Waals surface area contributed by atoms with Crippen LogP contribution in [0.5, 0.6) is 5.75 Å². The maximum absolute atomic E-state index is 11.9. The van der Waals surface area contributed by atoms with Gasteiger partial charge in [0.2, 0.25) is 5.75 Å². The molecule has 0 unspecified atom stereocenters. The Morgan fingerprint density at radius 2 is 2.06 bits per heavy atom. The van der Waals surface area contributed by atoms with E-state index < -0.39 is 22.7 Å². The van der Waals surface area contributed by atoms with Crippen LogP contribution in [0.3, 0.4) is 0 Å². The van der Waals surface area contributed by atoms with Gasteiger partial charge in [0.15, 0.2) is 0 Å². The first kappa shape index (κ1) is 12.0. The fraction of sp³-hybridized carbons (Fsp3) is 0.111. The van der Waals surface area contributed by atoms with Crippen molar-refractivity contribution in [3.63, 3.8) is 0 Å². The molecule has 1 aromatic carbocycles. The smallest absolute Gasteiger partial charge is 0.398 e. The van der Waals surface area contributed by atoms with Crippen LogP contribution < -0.4 is 4.74 Å². The van der Waals surface area contributed by atoms with Crippen molar-refractivity contribution in [1.29, 1.82) is 0 Å². The number of rotatable bonds is 3. The van der Waals surface area contributed by atoms with Gasteiger partial charge in [-0.05, 0) is 18.2 Å². The minimum Gasteiger partial charge on any atom is -0.398 e. The molecule has 1 radical (unpaired) electrons. The van der Waals surface area contributed by atoms with Crippen molar-refractivity contribution in [2.75, 3.05) is 0 Å². The van der Waals surface area contributed by atoms with Crippen molar-refractivity contribution in [2.24, 2.45) is 0 Å². The summed E-state index contributed by atoms with van der Waals surface area (Å²) in [5.74, 6) is -0.883. The monoisotopic (exact) mass is 232 g/mol. The molecule has 1 rings (SSSR count). The van der Waals surface area contributed by atoms with Crippen LogP contribution in [0.15, 0.2) is 24.8 Å². The molecular formula is C9H5F3NO3. The fourth-order valence-corrected chi connectivity index (χ4v) is 1.06. The van der Waals surface area contributed by atoms with Gasteiger partial charge >= 0.3 is 12.0 Å². The third-order valence-corrected chi connectivity index (χ3v) is 1.60. The van der Waals surface area contributed by atoms with E-state index in [9.17, 15) is 23.3 Å². The Kier molecular flexibility index (Phi) is 3.17. The maximum Gasteiger partial charge on any atom is 0.573 e. The van der Waals surface area contributed by atoms with Gasteiger partial charge in [0.1, 0.15) is 0 Å². The summed E-state index contributed by atoms with van der Waals surface area (Å²) in [7, 11) is 0. The highest BCUT2D eigenvalue weighted by atomic mass is 19.4. The minimum absolute atomic E-state index is 0.160. The molecule has 16 heavy (non-hydrogen) atoms. The molecule has 4 nitrogen and oxygen atoms in total. The third-order valence-electron chi connectivity index (χ3n) is 1.60. The molecule has 0 atom stereocenters. The average molecular weight is 232 g/mol. The second-order valence-corrected chi connectivity index (χ2v) is 2.63. The van der Waals surface area contributed by atoms with E-state index >= 15 is 0 Å². The zero-order valence-electron chi connectivity index (χ0n) is 7.75. The van der Waals surface area contributed by atoms with Gasteiger partial charge in [0.05, 0.1) is 10.5 Å². The van der Waals surface area contributed by atoms with Crippen LogP contribution in [-0.4, -0.2) is 11.3 Å². The van der Waals surface area contributed by atoms with Gasteiger partial charge in [-0.3, -0.25) is 10.1 Å². The van der Waals surface area contributed by atoms with Gasteiger partial charge in [-0.1, -0.05) is 12.6 Å². The van der Waals surface area contributed by atoms with E-state index in [1.807, 2.05) is 0 Å². The summed E-state index contributed by atoms with van der Waals surface area (Å²) < 4.78 is 39.3. The Bertz CT molecular complexity index is 428. The predicted molar refractivity (Wildman–Crippen MR) is 47.8 cm³/mol. The highest BCUT2D eigenvalue weighted by Crippen LogP contribution is 2.34. The molecule has 0 aliphatic rings. The lowest BCUT2D eigenvalue weighted by Gasteiger charge is -2.09. The number of nitro benzene ring substituents is 1. The van der Waals surface area contributed by atoms with Crippen LogP contribution >= 0.6 is 0 Å². The molecule has 7 heteroatoms. The molecule has 0 aliphatic carbocycles. The Balaban J connectivity index is 3.28. The molecule has 0 amide bonds. The highest BCUT2D eigenvalue weighted by molar-refractivity contribution is 5.55. The predicted octanol–water partition coefficient (Wildman–Crippen LogP) is 2.83. The van der Waals surface area contributed by atoms with E-state index in [0.717, 1.165) is 6.07 Å². The molecule has 85 valence electrons. The topological polar surface area (TPSA) is 52.4 Å². The van der Waals surface area contributed by atoms with Crippen molar-refractivity contribution in [2.45, 2.75) is 6.36 Å². The quantitative estimate of drug-likeness (QED) is 0.594. The summed E-state index contributed by atoms with van der Waals surface area (Å²) in [5, 5.41) is 10.6. The Morgan fingerprint density at radius 1 is 1.44 bits per heavy atom. The summed E-state index contributed by atoms with van der Waals surface area (Å²) in [5.41, 5.74) is -0.971. The molecule has 0 heterocycles. The lowest BCUT2D eigenvalue weighted by molar-refractivity contribution is -0.389. The van der Waals surface area contributed by atoms with Crippen LogP contribution in [0.1, 0.15) is 5.56 Å². The van der Waals surface area contributed by atoms with E-state index in [4.69, 9.17) is 0 Å². The maximum atomic E-state index is 11.9. The minimum atomic E-state index is -4.98. The third kappa shape index (κ3) is 2.72. The zero-order chi connectivity index (χ0) is 12.3. The molecular weight excluding hydrogens is 227 g/mol. The molecule has 0 aliphatic heterocycles. The summed E-state index contributed by atoms with van der Waals surface area (Å²) in [4.78, 5) is 9.60. The second kappa shape index (κ2) is 4.21. The first-order chi connectivity index (χ1) is 7.35. The molecule has 0 saturated carbocycles. The number of nitro groups is 1. The van der Waals surface area contributed by atoms with E-state index in [1.165, 1.54) is 12.1 Å². The number of hydrogen-bond donors (Lipinski definition) is 0. The van der Waals surface area contributed by atoms with Gasteiger partial charge in [-0.25, -0.2) is 0 Å². The van der Waals surface area contributed by atoms with E-state index in [2.05, 4.69) is 17.4 Å². The lowest BCUT2D eigenvalue weighted by atomic mass is 10.1. The van der Waals surface area contributed by atoms with Gasteiger partial charge in [-0.15, -0.1) is 13.2 Å². The lowest BCUT2D eigenvalue weighted by Crippen LogP contribution is -2.18. The zero-order valence-corrected chi connectivity index (χ0v) is 7.75. The molecule has 1 aromatic rings. The van der Waals surface area contributed by atoms with Crippen molar-refractivity contribution in [3.8, 4) is 5.75 Å². The largest absolute Gasteiger partial charge is 0.573 e. The SMILES string of the molecule is C=[C]c1cccc(OC(F)(F)F)c1[N+](=O)[O-]. The van der Waals surface area contributed by atoms with Gasteiger partial charge in [-0.2, -0.15) is 0 Å². The number of alkyl halides is 3. The van der Waals surface area contributed by atoms with Gasteiger partial charge in [0.25, 0.3) is 0 Å². The summed E-state index contributed by atoms with van der Waals surface area (Å²) in [6.45, 7) is 3.15. The fourth-order valence-electron chi connectivity index (χ4n) is 1.06. The summed E-state index contributed by atoms with van der Waals surface area (Å²) in [6.07, 6.45) is -2.82. The number of para-hydroxylation sites is 1. The number of benzene rings is 1. The van der Waals surface area contributed by atoms with Crippen molar-refractivity contribution in [1.82, 2.24) is 0 Å². The first-order valence-electron chi connectivity index (χ1n) is 3.91. The van der Waals surface area contributed by atoms with Crippen molar-refractivity contribution in [3.05, 3.63) is 46.5 Å². The van der Waals surface area contributed by atoms with Gasteiger partial charge in [0, 0.05) is 0 Å². The number of hydrogen-bond acceptors (Lipinski definition) is 3. The van der Waals surface area contributed by atoms with Crippen molar-refractivity contribution >= 4 is 5.69 Å². The molecule has 0 fully saturated rings. The van der Waals surface area contributed by atoms with E-state index in [1.54, 1.807) is 0 Å². The van der Waals surface area contributed by atoms with E-state index in [0.29, 0.717) is 0 Å². The molecule has 0 bridgehead atoms. The Morgan fingerprint density at radius 3 is 2.50 bits per heavy atom. The molecule has 0 spiro atoms. The Labute approximate surface area is 88.1 Å². The standard InChI is InChI=1S/C9H5F3NO3/c1-2-6-4-3-5-7(8(6)13(14)15)16-9(10,11)12/h3-5H,1H2. The van der Waals surface area contributed by atoms with Gasteiger partial charge < -0.3 is 4.74 Å². The average Bonchev–Trinajstić information content (AvgIpc) is 2.14. The summed E-state index contributed by atoms with van der Waals surface area (Å²) >= 11 is 0. The van der Waals surface area contributed by atoms with E-state index in [-0.39, 0.29) is 5.56 Å². The molecule has 0 saturated heterocycles. The second-order valence-electron chi connectivity index (χ2n) is 2.63. The normalized spacial score (nSPS) is 10.9. The van der Waals surface area contributed by atoms with Crippen LogP contribution in [0.4, 0.5) is 18.9 Å². The van der Waals surface area contributed by atoms with Crippen molar-refractivity contribution < 1.29 is 22.8 Å².